The van der Waals surface area contributed by atoms with Gasteiger partial charge < -0.3 is 5.32 Å². The largest absolute Gasteiger partial charge is 0.351 e. The Labute approximate surface area is 94.6 Å². The minimum atomic E-state index is -0.224. The first-order valence-corrected chi connectivity index (χ1v) is 5.75. The standard InChI is InChI=1S/C9H10BrNO2S/c1-6(12)4-9(13)11-5-8-7(10)2-3-14-8/h2-3H,4-5H2,1H3,(H,11,13). The number of nitrogens with one attached hydrogen (secondary N) is 1. The van der Waals surface area contributed by atoms with Crippen molar-refractivity contribution in [2.75, 3.05) is 0 Å². The fourth-order valence-corrected chi connectivity index (χ4v) is 2.35. The highest BCUT2D eigenvalue weighted by molar-refractivity contribution is 9.10. The highest BCUT2D eigenvalue weighted by Crippen LogP contribution is 2.21. The second-order valence-electron chi connectivity index (χ2n) is 2.85. The minimum Gasteiger partial charge on any atom is -0.351 e. The summed E-state index contributed by atoms with van der Waals surface area (Å²) >= 11 is 4.92. The van der Waals surface area contributed by atoms with Crippen LogP contribution in [0.2, 0.25) is 0 Å². The van der Waals surface area contributed by atoms with Gasteiger partial charge in [-0.2, -0.15) is 0 Å². The molecule has 0 aromatic carbocycles. The Kier molecular flexibility index (Phi) is 4.28. The molecule has 0 bridgehead atoms. The third kappa shape index (κ3) is 3.59. The number of carbonyl (C=O) groups excluding carboxylic acids is 2. The van der Waals surface area contributed by atoms with Gasteiger partial charge in [-0.1, -0.05) is 0 Å². The monoisotopic (exact) mass is 275 g/mol. The van der Waals surface area contributed by atoms with Crippen LogP contribution in [0.25, 0.3) is 0 Å². The van der Waals surface area contributed by atoms with E-state index in [2.05, 4.69) is 21.2 Å². The lowest BCUT2D eigenvalue weighted by Crippen LogP contribution is -2.24. The van der Waals surface area contributed by atoms with Gasteiger partial charge in [-0.3, -0.25) is 9.59 Å². The van der Waals surface area contributed by atoms with Crippen LogP contribution in [0.4, 0.5) is 0 Å². The van der Waals surface area contributed by atoms with E-state index in [4.69, 9.17) is 0 Å². The third-order valence-corrected chi connectivity index (χ3v) is 3.47. The van der Waals surface area contributed by atoms with E-state index in [1.54, 1.807) is 11.3 Å². The van der Waals surface area contributed by atoms with Gasteiger partial charge in [0, 0.05) is 9.35 Å². The molecular formula is C9H10BrNO2S. The number of carbonyl (C=O) groups is 2. The molecule has 76 valence electrons. The molecule has 0 aliphatic carbocycles. The zero-order valence-electron chi connectivity index (χ0n) is 7.67. The number of hydrogen-bond acceptors (Lipinski definition) is 3. The minimum absolute atomic E-state index is 0.0387. The summed E-state index contributed by atoms with van der Waals surface area (Å²) in [5, 5.41) is 4.62. The highest BCUT2D eigenvalue weighted by Gasteiger charge is 2.06. The van der Waals surface area contributed by atoms with Crippen molar-refractivity contribution in [3.05, 3.63) is 20.8 Å². The second kappa shape index (κ2) is 5.26. The SMILES string of the molecule is CC(=O)CC(=O)NCc1sccc1Br. The molecule has 0 aliphatic rings. The van der Waals surface area contributed by atoms with E-state index in [0.717, 1.165) is 9.35 Å². The summed E-state index contributed by atoms with van der Waals surface area (Å²) in [6.45, 7) is 1.88. The van der Waals surface area contributed by atoms with Gasteiger partial charge in [-0.05, 0) is 34.3 Å². The van der Waals surface area contributed by atoms with Crippen molar-refractivity contribution in [2.45, 2.75) is 19.9 Å². The van der Waals surface area contributed by atoms with Crippen molar-refractivity contribution in [1.29, 1.82) is 0 Å². The lowest BCUT2D eigenvalue weighted by molar-refractivity contribution is -0.127. The van der Waals surface area contributed by atoms with Crippen molar-refractivity contribution in [2.24, 2.45) is 0 Å². The summed E-state index contributed by atoms with van der Waals surface area (Å²) in [7, 11) is 0. The van der Waals surface area contributed by atoms with Gasteiger partial charge in [-0.25, -0.2) is 0 Å². The molecule has 0 saturated carbocycles. The molecule has 0 atom stereocenters. The molecule has 0 radical (unpaired) electrons. The molecule has 0 fully saturated rings. The predicted molar refractivity (Wildman–Crippen MR) is 59.2 cm³/mol. The van der Waals surface area contributed by atoms with Crippen LogP contribution in [0.3, 0.4) is 0 Å². The zero-order valence-corrected chi connectivity index (χ0v) is 10.1. The van der Waals surface area contributed by atoms with Crippen LogP contribution in [-0.2, 0) is 16.1 Å². The van der Waals surface area contributed by atoms with Gasteiger partial charge in [0.15, 0.2) is 0 Å². The summed E-state index contributed by atoms with van der Waals surface area (Å²) in [6.07, 6.45) is -0.0387. The fraction of sp³-hybridized carbons (Fsp3) is 0.333. The molecule has 1 N–H and O–H groups in total. The first kappa shape index (κ1) is 11.4. The topological polar surface area (TPSA) is 46.2 Å². The average molecular weight is 276 g/mol. The van der Waals surface area contributed by atoms with E-state index in [9.17, 15) is 9.59 Å². The van der Waals surface area contributed by atoms with E-state index < -0.39 is 0 Å². The van der Waals surface area contributed by atoms with Crippen LogP contribution < -0.4 is 5.32 Å². The molecule has 3 nitrogen and oxygen atoms in total. The number of rotatable bonds is 4. The first-order valence-electron chi connectivity index (χ1n) is 4.07. The van der Waals surface area contributed by atoms with Crippen LogP contribution >= 0.6 is 27.3 Å². The number of thiophene rings is 1. The lowest BCUT2D eigenvalue weighted by Gasteiger charge is -2.01. The highest BCUT2D eigenvalue weighted by atomic mass is 79.9. The Morgan fingerprint density at radius 3 is 2.79 bits per heavy atom. The molecule has 0 aliphatic heterocycles. The summed E-state index contributed by atoms with van der Waals surface area (Å²) in [5.74, 6) is -0.342. The number of ketones is 1. The Balaban J connectivity index is 2.38. The molecule has 0 unspecified atom stereocenters. The quantitative estimate of drug-likeness (QED) is 0.856. The molecule has 1 amide bonds. The third-order valence-electron chi connectivity index (χ3n) is 1.55. The molecule has 1 rings (SSSR count). The van der Waals surface area contributed by atoms with Crippen LogP contribution in [0.1, 0.15) is 18.2 Å². The van der Waals surface area contributed by atoms with Crippen molar-refractivity contribution >= 4 is 39.0 Å². The molecule has 0 saturated heterocycles. The number of Topliss-reactive ketones (excluding diaryl/α,β-unsaturated/α-hetero) is 1. The van der Waals surface area contributed by atoms with Gasteiger partial charge in [0.05, 0.1) is 13.0 Å². The van der Waals surface area contributed by atoms with E-state index in [1.807, 2.05) is 11.4 Å². The van der Waals surface area contributed by atoms with Crippen molar-refractivity contribution in [3.63, 3.8) is 0 Å². The van der Waals surface area contributed by atoms with Gasteiger partial charge in [0.1, 0.15) is 5.78 Å². The van der Waals surface area contributed by atoms with Gasteiger partial charge >= 0.3 is 0 Å². The van der Waals surface area contributed by atoms with Crippen LogP contribution in [0.5, 0.6) is 0 Å². The molecular weight excluding hydrogens is 266 g/mol. The molecule has 14 heavy (non-hydrogen) atoms. The normalized spacial score (nSPS) is 9.86. The number of amides is 1. The lowest BCUT2D eigenvalue weighted by atomic mass is 10.3. The Bertz CT molecular complexity index is 348. The number of halogens is 1. The molecule has 1 aromatic rings. The average Bonchev–Trinajstić information content (AvgIpc) is 2.46. The van der Waals surface area contributed by atoms with Crippen molar-refractivity contribution in [1.82, 2.24) is 5.32 Å². The van der Waals surface area contributed by atoms with E-state index in [0.29, 0.717) is 6.54 Å². The molecule has 5 heteroatoms. The van der Waals surface area contributed by atoms with Gasteiger partial charge in [0.2, 0.25) is 5.91 Å². The predicted octanol–water partition coefficient (Wildman–Crippen LogP) is 2.11. The van der Waals surface area contributed by atoms with Crippen LogP contribution in [-0.4, -0.2) is 11.7 Å². The van der Waals surface area contributed by atoms with Crippen molar-refractivity contribution in [3.8, 4) is 0 Å². The van der Waals surface area contributed by atoms with Crippen LogP contribution in [0, 0.1) is 0 Å². The van der Waals surface area contributed by atoms with E-state index in [1.165, 1.54) is 6.92 Å². The van der Waals surface area contributed by atoms with Crippen LogP contribution in [0.15, 0.2) is 15.9 Å². The number of hydrogen-bond donors (Lipinski definition) is 1. The molecule has 1 heterocycles. The molecule has 0 spiro atoms. The van der Waals surface area contributed by atoms with E-state index >= 15 is 0 Å². The maximum atomic E-state index is 11.1. The van der Waals surface area contributed by atoms with E-state index in [-0.39, 0.29) is 18.1 Å². The summed E-state index contributed by atoms with van der Waals surface area (Å²) in [5.41, 5.74) is 0. The second-order valence-corrected chi connectivity index (χ2v) is 4.70. The summed E-state index contributed by atoms with van der Waals surface area (Å²) in [6, 6.07) is 1.93. The zero-order chi connectivity index (χ0) is 10.6. The maximum Gasteiger partial charge on any atom is 0.227 e. The first-order chi connectivity index (χ1) is 6.59. The Hall–Kier alpha value is -0.680. The smallest absolute Gasteiger partial charge is 0.227 e. The Morgan fingerprint density at radius 2 is 2.29 bits per heavy atom. The fourth-order valence-electron chi connectivity index (χ4n) is 0.919. The Morgan fingerprint density at radius 1 is 1.57 bits per heavy atom. The molecule has 1 aromatic heterocycles. The maximum absolute atomic E-state index is 11.1. The summed E-state index contributed by atoms with van der Waals surface area (Å²) in [4.78, 5) is 22.8. The van der Waals surface area contributed by atoms with Crippen molar-refractivity contribution < 1.29 is 9.59 Å². The van der Waals surface area contributed by atoms with Gasteiger partial charge in [0.25, 0.3) is 0 Å². The van der Waals surface area contributed by atoms with Gasteiger partial charge in [-0.15, -0.1) is 11.3 Å². The summed E-state index contributed by atoms with van der Waals surface area (Å²) < 4.78 is 0.991.